The van der Waals surface area contributed by atoms with Gasteiger partial charge in [0, 0.05) is 18.7 Å². The smallest absolute Gasteiger partial charge is 0.324 e. The van der Waals surface area contributed by atoms with E-state index in [2.05, 4.69) is 20.9 Å². The molecule has 0 spiro atoms. The van der Waals surface area contributed by atoms with E-state index in [1.54, 1.807) is 12.1 Å². The highest BCUT2D eigenvalue weighted by Crippen LogP contribution is 2.26. The summed E-state index contributed by atoms with van der Waals surface area (Å²) < 4.78 is 36.4. The van der Waals surface area contributed by atoms with Gasteiger partial charge in [0.1, 0.15) is 4.60 Å². The van der Waals surface area contributed by atoms with Crippen molar-refractivity contribution in [2.75, 3.05) is 0 Å². The van der Waals surface area contributed by atoms with E-state index in [1.807, 2.05) is 0 Å². The highest BCUT2D eigenvalue weighted by molar-refractivity contribution is 9.10. The molecule has 1 rings (SSSR count). The highest BCUT2D eigenvalue weighted by atomic mass is 79.9. The van der Waals surface area contributed by atoms with Crippen LogP contribution in [0, 0.1) is 0 Å². The molecule has 1 aromatic rings. The number of aromatic nitrogens is 1. The molecule has 2 nitrogen and oxygen atoms in total. The number of halogens is 5. The summed E-state index contributed by atoms with van der Waals surface area (Å²) in [6.07, 6.45) is -3.66. The molecular formula is C9H11BrClF3N2. The van der Waals surface area contributed by atoms with Crippen molar-refractivity contribution >= 4 is 28.3 Å². The molecule has 0 bridgehead atoms. The van der Waals surface area contributed by atoms with Crippen molar-refractivity contribution in [3.8, 4) is 0 Å². The zero-order valence-electron chi connectivity index (χ0n) is 8.17. The van der Waals surface area contributed by atoms with Crippen molar-refractivity contribution in [2.24, 2.45) is 5.73 Å². The lowest BCUT2D eigenvalue weighted by Crippen LogP contribution is -2.15. The average molecular weight is 320 g/mol. The molecule has 7 heteroatoms. The van der Waals surface area contributed by atoms with Gasteiger partial charge in [0.15, 0.2) is 0 Å². The molecule has 16 heavy (non-hydrogen) atoms. The van der Waals surface area contributed by atoms with Crippen LogP contribution in [0.15, 0.2) is 22.9 Å². The van der Waals surface area contributed by atoms with Crippen molar-refractivity contribution in [1.82, 2.24) is 4.98 Å². The minimum Gasteiger partial charge on any atom is -0.324 e. The second kappa shape index (κ2) is 6.42. The van der Waals surface area contributed by atoms with Gasteiger partial charge in [-0.15, -0.1) is 12.4 Å². The van der Waals surface area contributed by atoms with Crippen molar-refractivity contribution in [2.45, 2.75) is 25.1 Å². The van der Waals surface area contributed by atoms with Gasteiger partial charge in [-0.05, 0) is 34.0 Å². The molecule has 0 saturated carbocycles. The Bertz CT molecular complexity index is 316. The summed E-state index contributed by atoms with van der Waals surface area (Å²) in [5.41, 5.74) is 6.21. The quantitative estimate of drug-likeness (QED) is 0.865. The number of hydrogen-bond acceptors (Lipinski definition) is 2. The molecule has 0 aliphatic rings. The van der Waals surface area contributed by atoms with Gasteiger partial charge in [0.25, 0.3) is 0 Å². The fourth-order valence-electron chi connectivity index (χ4n) is 1.09. The molecular weight excluding hydrogens is 308 g/mol. The van der Waals surface area contributed by atoms with Gasteiger partial charge in [-0.1, -0.05) is 6.07 Å². The monoisotopic (exact) mass is 318 g/mol. The Morgan fingerprint density at radius 2 is 2.00 bits per heavy atom. The van der Waals surface area contributed by atoms with E-state index in [0.717, 1.165) is 0 Å². The molecule has 0 fully saturated rings. The molecule has 0 saturated heterocycles. The number of hydrogen-bond donors (Lipinski definition) is 1. The first kappa shape index (κ1) is 15.7. The third kappa shape index (κ3) is 5.67. The van der Waals surface area contributed by atoms with Crippen LogP contribution < -0.4 is 5.73 Å². The number of pyridine rings is 1. The Labute approximate surface area is 106 Å². The van der Waals surface area contributed by atoms with Crippen LogP contribution in [0.1, 0.15) is 24.4 Å². The third-order valence-electron chi connectivity index (χ3n) is 1.92. The summed E-state index contributed by atoms with van der Waals surface area (Å²) in [5.74, 6) is 0. The molecule has 0 radical (unpaired) electrons. The molecule has 0 aliphatic heterocycles. The summed E-state index contributed by atoms with van der Waals surface area (Å²) in [7, 11) is 0. The molecule has 2 N–H and O–H groups in total. The van der Waals surface area contributed by atoms with Gasteiger partial charge in [-0.3, -0.25) is 0 Å². The lowest BCUT2D eigenvalue weighted by atomic mass is 10.1. The van der Waals surface area contributed by atoms with E-state index in [0.29, 0.717) is 10.2 Å². The number of nitrogens with two attached hydrogens (primary N) is 1. The summed E-state index contributed by atoms with van der Waals surface area (Å²) >= 11 is 3.13. The lowest BCUT2D eigenvalue weighted by Gasteiger charge is -2.12. The van der Waals surface area contributed by atoms with Gasteiger partial charge in [-0.25, -0.2) is 4.98 Å². The number of alkyl halides is 3. The number of rotatable bonds is 3. The Morgan fingerprint density at radius 3 is 2.44 bits per heavy atom. The average Bonchev–Trinajstić information content (AvgIpc) is 2.14. The third-order valence-corrected chi connectivity index (χ3v) is 2.39. The second-order valence-corrected chi connectivity index (χ2v) is 3.99. The molecule has 0 unspecified atom stereocenters. The number of nitrogens with zero attached hydrogens (tertiary/aromatic N) is 1. The Hall–Kier alpha value is -0.330. The van der Waals surface area contributed by atoms with Crippen LogP contribution in [0.3, 0.4) is 0 Å². The summed E-state index contributed by atoms with van der Waals surface area (Å²) in [5, 5.41) is 0. The minimum atomic E-state index is -4.15. The highest BCUT2D eigenvalue weighted by Gasteiger charge is 2.27. The van der Waals surface area contributed by atoms with E-state index in [1.165, 1.54) is 6.20 Å². The van der Waals surface area contributed by atoms with E-state index < -0.39 is 18.6 Å². The zero-order chi connectivity index (χ0) is 11.5. The van der Waals surface area contributed by atoms with Gasteiger partial charge < -0.3 is 5.73 Å². The Morgan fingerprint density at radius 1 is 1.38 bits per heavy atom. The molecule has 1 aromatic heterocycles. The van der Waals surface area contributed by atoms with Gasteiger partial charge in [0.05, 0.1) is 0 Å². The first-order valence-corrected chi connectivity index (χ1v) is 5.11. The molecule has 1 heterocycles. The van der Waals surface area contributed by atoms with Crippen molar-refractivity contribution in [3.63, 3.8) is 0 Å². The summed E-state index contributed by atoms with van der Waals surface area (Å²) in [6, 6.07) is 2.70. The van der Waals surface area contributed by atoms with Gasteiger partial charge in [-0.2, -0.15) is 13.2 Å². The fourth-order valence-corrected chi connectivity index (χ4v) is 1.33. The van der Waals surface area contributed by atoms with Crippen LogP contribution in [0.25, 0.3) is 0 Å². The van der Waals surface area contributed by atoms with Crippen molar-refractivity contribution in [1.29, 1.82) is 0 Å². The summed E-state index contributed by atoms with van der Waals surface area (Å²) in [6.45, 7) is 0. The molecule has 92 valence electrons. The van der Waals surface area contributed by atoms with E-state index in [4.69, 9.17) is 5.73 Å². The van der Waals surface area contributed by atoms with E-state index >= 15 is 0 Å². The predicted molar refractivity (Wildman–Crippen MR) is 61.4 cm³/mol. The van der Waals surface area contributed by atoms with Crippen LogP contribution in [0.5, 0.6) is 0 Å². The van der Waals surface area contributed by atoms with Crippen LogP contribution in [-0.4, -0.2) is 11.2 Å². The first-order valence-electron chi connectivity index (χ1n) is 4.32. The largest absolute Gasteiger partial charge is 0.389 e. The van der Waals surface area contributed by atoms with Crippen molar-refractivity contribution in [3.05, 3.63) is 28.5 Å². The fraction of sp³-hybridized carbons (Fsp3) is 0.444. The zero-order valence-corrected chi connectivity index (χ0v) is 10.6. The predicted octanol–water partition coefficient (Wildman–Crippen LogP) is 3.61. The molecule has 0 aromatic carbocycles. The van der Waals surface area contributed by atoms with Crippen LogP contribution in [0.4, 0.5) is 13.2 Å². The minimum absolute atomic E-state index is 0. The topological polar surface area (TPSA) is 38.9 Å². The maximum Gasteiger partial charge on any atom is 0.389 e. The molecule has 0 amide bonds. The van der Waals surface area contributed by atoms with E-state index in [-0.39, 0.29) is 18.8 Å². The standard InChI is InChI=1S/C9H10BrF3N2.ClH/c10-8-2-1-6(5-15-8)7(14)3-4-9(11,12)13;/h1-2,5,7H,3-4,14H2;1H/t7-;/m1./s1. The summed E-state index contributed by atoms with van der Waals surface area (Å²) in [4.78, 5) is 3.90. The van der Waals surface area contributed by atoms with E-state index in [9.17, 15) is 13.2 Å². The SMILES string of the molecule is Cl.N[C@H](CCC(F)(F)F)c1ccc(Br)nc1. The lowest BCUT2D eigenvalue weighted by molar-refractivity contribution is -0.136. The first-order chi connectivity index (χ1) is 6.88. The van der Waals surface area contributed by atoms with Crippen LogP contribution >= 0.6 is 28.3 Å². The maximum atomic E-state index is 11.9. The van der Waals surface area contributed by atoms with Gasteiger partial charge in [0.2, 0.25) is 0 Å². The van der Waals surface area contributed by atoms with Crippen LogP contribution in [-0.2, 0) is 0 Å². The molecule has 1 atom stereocenters. The Kier molecular flexibility index (Phi) is 6.28. The van der Waals surface area contributed by atoms with Gasteiger partial charge >= 0.3 is 6.18 Å². The second-order valence-electron chi connectivity index (χ2n) is 3.17. The maximum absolute atomic E-state index is 11.9. The molecule has 0 aliphatic carbocycles. The van der Waals surface area contributed by atoms with Crippen molar-refractivity contribution < 1.29 is 13.2 Å². The normalized spacial score (nSPS) is 13.1. The Balaban J connectivity index is 0.00000225. The van der Waals surface area contributed by atoms with Crippen LogP contribution in [0.2, 0.25) is 0 Å².